The van der Waals surface area contributed by atoms with Crippen LogP contribution in [-0.2, 0) is 5.41 Å². The first-order chi connectivity index (χ1) is 19.6. The predicted octanol–water partition coefficient (Wildman–Crippen LogP) is 11.3. The van der Waals surface area contributed by atoms with Gasteiger partial charge in [-0.2, -0.15) is 0 Å². The number of aromatic amines is 1. The van der Waals surface area contributed by atoms with E-state index < -0.39 is 0 Å². The Balaban J connectivity index is 0.000000174. The van der Waals surface area contributed by atoms with Crippen molar-refractivity contribution in [1.82, 2.24) is 4.98 Å². The molecule has 6 aromatic rings. The summed E-state index contributed by atoms with van der Waals surface area (Å²) in [5.41, 5.74) is 10.6. The van der Waals surface area contributed by atoms with Crippen LogP contribution in [0.15, 0.2) is 133 Å². The van der Waals surface area contributed by atoms with Crippen molar-refractivity contribution in [3.8, 4) is 0 Å². The molecule has 0 bridgehead atoms. The van der Waals surface area contributed by atoms with Crippen LogP contribution in [0.1, 0.15) is 63.8 Å². The Bertz CT molecular complexity index is 1720. The van der Waals surface area contributed by atoms with Crippen LogP contribution >= 0.6 is 0 Å². The first-order valence-corrected chi connectivity index (χ1v) is 14.6. The second kappa shape index (κ2) is 11.6. The summed E-state index contributed by atoms with van der Waals surface area (Å²) >= 11 is 0. The Morgan fingerprint density at radius 2 is 0.927 bits per heavy atom. The van der Waals surface area contributed by atoms with Gasteiger partial charge in [0, 0.05) is 16.3 Å². The summed E-state index contributed by atoms with van der Waals surface area (Å²) in [6.07, 6.45) is 0. The molecule has 1 heterocycles. The van der Waals surface area contributed by atoms with Crippen LogP contribution in [0.4, 0.5) is 0 Å². The van der Waals surface area contributed by atoms with Gasteiger partial charge in [0.25, 0.3) is 0 Å². The summed E-state index contributed by atoms with van der Waals surface area (Å²) < 4.78 is 0. The molecule has 5 aromatic carbocycles. The Kier molecular flexibility index (Phi) is 7.99. The van der Waals surface area contributed by atoms with Crippen molar-refractivity contribution >= 4 is 33.0 Å². The van der Waals surface area contributed by atoms with Crippen LogP contribution in [-0.4, -0.2) is 4.98 Å². The molecule has 41 heavy (non-hydrogen) atoms. The fourth-order valence-electron chi connectivity index (χ4n) is 5.72. The molecule has 1 nitrogen and oxygen atoms in total. The first kappa shape index (κ1) is 28.2. The maximum Gasteiger partial charge on any atom is 0.0502 e. The van der Waals surface area contributed by atoms with Gasteiger partial charge in [0.15, 0.2) is 0 Å². The van der Waals surface area contributed by atoms with Gasteiger partial charge >= 0.3 is 0 Å². The summed E-state index contributed by atoms with van der Waals surface area (Å²) in [6, 6.07) is 47.2. The summed E-state index contributed by atoms with van der Waals surface area (Å²) in [4.78, 5) is 3.55. The second-order valence-electron chi connectivity index (χ2n) is 12.7. The molecule has 0 aliphatic heterocycles. The maximum atomic E-state index is 3.55. The van der Waals surface area contributed by atoms with Crippen molar-refractivity contribution in [1.29, 1.82) is 0 Å². The van der Waals surface area contributed by atoms with Gasteiger partial charge < -0.3 is 4.98 Å². The molecular weight excluding hydrogens is 494 g/mol. The van der Waals surface area contributed by atoms with E-state index in [4.69, 9.17) is 0 Å². The number of hydrogen-bond donors (Lipinski definition) is 1. The SMILES string of the molecule is CC(C)(C)C(=C(c1ccccc1)c1ccccc1)c1ccccc1.CC(C)(C)c1cccc2c1[nH]c1ccccc12. The van der Waals surface area contributed by atoms with Gasteiger partial charge in [0.1, 0.15) is 0 Å². The van der Waals surface area contributed by atoms with Crippen molar-refractivity contribution in [3.05, 3.63) is 156 Å². The standard InChI is InChI=1S/C24H24.C16H17N/c1-24(2,3)23(21-17-11-6-12-18-21)22(19-13-7-4-8-14-19)20-15-9-5-10-16-20;1-16(2,3)13-9-6-8-12-11-7-4-5-10-14(11)17-15(12)13/h4-18H,1-3H3;4-10,17H,1-3H3. The minimum Gasteiger partial charge on any atom is -0.354 e. The van der Waals surface area contributed by atoms with Crippen LogP contribution < -0.4 is 0 Å². The number of H-pyrrole nitrogens is 1. The average molecular weight is 536 g/mol. The number of rotatable bonds is 3. The van der Waals surface area contributed by atoms with E-state index >= 15 is 0 Å². The van der Waals surface area contributed by atoms with E-state index in [1.165, 1.54) is 55.2 Å². The number of hydrogen-bond acceptors (Lipinski definition) is 0. The molecule has 0 saturated heterocycles. The van der Waals surface area contributed by atoms with Crippen LogP contribution in [0.5, 0.6) is 0 Å². The molecule has 0 radical (unpaired) electrons. The number of nitrogens with one attached hydrogen (secondary N) is 1. The molecular formula is C40H41N. The molecule has 0 aliphatic rings. The third-order valence-corrected chi connectivity index (χ3v) is 7.54. The fourth-order valence-corrected chi connectivity index (χ4v) is 5.72. The van der Waals surface area contributed by atoms with Gasteiger partial charge in [-0.3, -0.25) is 0 Å². The van der Waals surface area contributed by atoms with Gasteiger partial charge in [-0.1, -0.05) is 169 Å². The van der Waals surface area contributed by atoms with Gasteiger partial charge in [-0.15, -0.1) is 0 Å². The van der Waals surface area contributed by atoms with Gasteiger partial charge in [0.05, 0.1) is 5.52 Å². The number of fused-ring (bicyclic) bond motifs is 3. The Labute approximate surface area is 245 Å². The Morgan fingerprint density at radius 3 is 1.44 bits per heavy atom. The molecule has 0 spiro atoms. The highest BCUT2D eigenvalue weighted by Gasteiger charge is 2.24. The highest BCUT2D eigenvalue weighted by Crippen LogP contribution is 2.42. The van der Waals surface area contributed by atoms with Crippen molar-refractivity contribution in [2.75, 3.05) is 0 Å². The molecule has 1 heteroatoms. The highest BCUT2D eigenvalue weighted by atomic mass is 14.7. The smallest absolute Gasteiger partial charge is 0.0502 e. The fraction of sp³-hybridized carbons (Fsp3) is 0.200. The van der Waals surface area contributed by atoms with Crippen molar-refractivity contribution in [3.63, 3.8) is 0 Å². The largest absolute Gasteiger partial charge is 0.354 e. The minimum atomic E-state index is 0.0301. The van der Waals surface area contributed by atoms with Gasteiger partial charge in [-0.05, 0) is 50.3 Å². The molecule has 0 saturated carbocycles. The van der Waals surface area contributed by atoms with E-state index in [1.807, 2.05) is 0 Å². The van der Waals surface area contributed by atoms with E-state index in [9.17, 15) is 0 Å². The van der Waals surface area contributed by atoms with Crippen LogP contribution in [0.3, 0.4) is 0 Å². The number of allylic oxidation sites excluding steroid dienone is 1. The molecule has 1 N–H and O–H groups in total. The number of para-hydroxylation sites is 2. The lowest BCUT2D eigenvalue weighted by molar-refractivity contribution is 0.568. The van der Waals surface area contributed by atoms with Crippen LogP contribution in [0.25, 0.3) is 33.0 Å². The third-order valence-electron chi connectivity index (χ3n) is 7.54. The predicted molar refractivity (Wildman–Crippen MR) is 179 cm³/mol. The molecule has 206 valence electrons. The van der Waals surface area contributed by atoms with E-state index in [1.54, 1.807) is 0 Å². The number of benzene rings is 5. The summed E-state index contributed by atoms with van der Waals surface area (Å²) in [6.45, 7) is 13.7. The Hall–Kier alpha value is -4.36. The van der Waals surface area contributed by atoms with E-state index in [0.717, 1.165) is 0 Å². The van der Waals surface area contributed by atoms with Crippen LogP contribution in [0, 0.1) is 5.41 Å². The lowest BCUT2D eigenvalue weighted by atomic mass is 9.76. The highest BCUT2D eigenvalue weighted by molar-refractivity contribution is 6.08. The van der Waals surface area contributed by atoms with Crippen molar-refractivity contribution in [2.24, 2.45) is 5.41 Å². The van der Waals surface area contributed by atoms with E-state index in [-0.39, 0.29) is 10.8 Å². The van der Waals surface area contributed by atoms with E-state index in [0.29, 0.717) is 0 Å². The molecule has 1 aromatic heterocycles. The molecule has 0 amide bonds. The van der Waals surface area contributed by atoms with E-state index in [2.05, 4.69) is 180 Å². The van der Waals surface area contributed by atoms with Crippen molar-refractivity contribution in [2.45, 2.75) is 47.0 Å². The molecule has 0 unspecified atom stereocenters. The topological polar surface area (TPSA) is 15.8 Å². The minimum absolute atomic E-state index is 0.0301. The summed E-state index contributed by atoms with van der Waals surface area (Å²) in [5, 5.41) is 2.64. The molecule has 0 aliphatic carbocycles. The Morgan fingerprint density at radius 1 is 0.463 bits per heavy atom. The quantitative estimate of drug-likeness (QED) is 0.217. The zero-order valence-corrected chi connectivity index (χ0v) is 25.2. The molecule has 6 rings (SSSR count). The number of aromatic nitrogens is 1. The zero-order valence-electron chi connectivity index (χ0n) is 25.2. The monoisotopic (exact) mass is 535 g/mol. The van der Waals surface area contributed by atoms with Gasteiger partial charge in [0.2, 0.25) is 0 Å². The average Bonchev–Trinajstić information content (AvgIpc) is 3.35. The zero-order chi connectivity index (χ0) is 29.0. The van der Waals surface area contributed by atoms with Gasteiger partial charge in [-0.25, -0.2) is 0 Å². The lowest BCUT2D eigenvalue weighted by Crippen LogP contribution is -2.11. The third kappa shape index (κ3) is 6.20. The second-order valence-corrected chi connectivity index (χ2v) is 12.7. The summed E-state index contributed by atoms with van der Waals surface area (Å²) in [5.74, 6) is 0. The lowest BCUT2D eigenvalue weighted by Gasteiger charge is -2.28. The normalized spacial score (nSPS) is 11.7. The molecule has 0 atom stereocenters. The maximum absolute atomic E-state index is 3.55. The van der Waals surface area contributed by atoms with Crippen molar-refractivity contribution < 1.29 is 0 Å². The molecule has 0 fully saturated rings. The summed E-state index contributed by atoms with van der Waals surface area (Å²) in [7, 11) is 0. The first-order valence-electron chi connectivity index (χ1n) is 14.6. The van der Waals surface area contributed by atoms with Crippen LogP contribution in [0.2, 0.25) is 0 Å².